The summed E-state index contributed by atoms with van der Waals surface area (Å²) < 4.78 is 37.8. The van der Waals surface area contributed by atoms with Crippen molar-refractivity contribution in [2.75, 3.05) is 39.4 Å². The van der Waals surface area contributed by atoms with E-state index in [0.29, 0.717) is 25.2 Å². The Morgan fingerprint density at radius 1 is 1.14 bits per heavy atom. The van der Waals surface area contributed by atoms with Crippen molar-refractivity contribution in [2.45, 2.75) is 44.4 Å². The van der Waals surface area contributed by atoms with Crippen molar-refractivity contribution in [3.63, 3.8) is 0 Å². The molecule has 3 saturated heterocycles. The standard InChI is InChI=1S/C16H26N2O3.C2HF3O2/c19-16(18-5-1-7-21-18)14-8-13-10-17(9-12-2-3-12)6-4-15(13)20-11-14;3-2(4,5)1(6)7/h12-15H,1-11H2;(H,6,7)/t13-,14-,15+;/m0./s1. The lowest BCUT2D eigenvalue weighted by Crippen LogP contribution is -2.51. The van der Waals surface area contributed by atoms with E-state index < -0.39 is 12.1 Å². The molecule has 1 aliphatic carbocycles. The molecule has 160 valence electrons. The number of hydroxylamine groups is 2. The molecule has 1 amide bonds. The summed E-state index contributed by atoms with van der Waals surface area (Å²) in [5.74, 6) is -1.13. The highest BCUT2D eigenvalue weighted by atomic mass is 19.4. The second kappa shape index (κ2) is 8.96. The van der Waals surface area contributed by atoms with Gasteiger partial charge in [0.1, 0.15) is 0 Å². The quantitative estimate of drug-likeness (QED) is 0.769. The van der Waals surface area contributed by atoms with Gasteiger partial charge in [-0.15, -0.1) is 0 Å². The summed E-state index contributed by atoms with van der Waals surface area (Å²) in [4.78, 5) is 29.3. The molecular formula is C18H27F3N2O5. The number of carbonyl (C=O) groups is 2. The molecular weight excluding hydrogens is 381 g/mol. The van der Waals surface area contributed by atoms with Gasteiger partial charge in [0.25, 0.3) is 5.91 Å². The Hall–Kier alpha value is -1.39. The number of hydrogen-bond donors (Lipinski definition) is 1. The molecule has 10 heteroatoms. The van der Waals surface area contributed by atoms with Crippen LogP contribution >= 0.6 is 0 Å². The molecule has 0 aromatic rings. The van der Waals surface area contributed by atoms with Gasteiger partial charge in [-0.1, -0.05) is 0 Å². The second-order valence-corrected chi connectivity index (χ2v) is 7.99. The lowest BCUT2D eigenvalue weighted by Gasteiger charge is -2.43. The van der Waals surface area contributed by atoms with Crippen LogP contribution in [-0.2, 0) is 19.2 Å². The summed E-state index contributed by atoms with van der Waals surface area (Å²) in [6.45, 7) is 5.56. The average molecular weight is 408 g/mol. The molecule has 0 aromatic heterocycles. The van der Waals surface area contributed by atoms with Gasteiger partial charge in [-0.3, -0.25) is 9.63 Å². The zero-order chi connectivity index (χ0) is 20.3. The number of carbonyl (C=O) groups excluding carboxylic acids is 1. The van der Waals surface area contributed by atoms with Crippen molar-refractivity contribution in [3.8, 4) is 0 Å². The first kappa shape index (κ1) is 21.3. The number of carboxylic acids is 1. The van der Waals surface area contributed by atoms with Crippen molar-refractivity contribution in [3.05, 3.63) is 0 Å². The molecule has 4 rings (SSSR count). The Bertz CT molecular complexity index is 564. The maximum atomic E-state index is 12.5. The number of nitrogens with zero attached hydrogens (tertiary/aromatic N) is 2. The van der Waals surface area contributed by atoms with Crippen LogP contribution in [0.15, 0.2) is 0 Å². The number of aliphatic carboxylic acids is 1. The van der Waals surface area contributed by atoms with Gasteiger partial charge in [-0.25, -0.2) is 9.86 Å². The number of likely N-dealkylation sites (tertiary alicyclic amines) is 1. The van der Waals surface area contributed by atoms with Gasteiger partial charge in [0.2, 0.25) is 0 Å². The van der Waals surface area contributed by atoms with Gasteiger partial charge in [0.05, 0.1) is 31.8 Å². The highest BCUT2D eigenvalue weighted by Gasteiger charge is 2.41. The monoisotopic (exact) mass is 408 g/mol. The van der Waals surface area contributed by atoms with E-state index in [1.165, 1.54) is 25.9 Å². The smallest absolute Gasteiger partial charge is 0.475 e. The molecule has 3 aliphatic heterocycles. The molecule has 0 unspecified atom stereocenters. The first-order chi connectivity index (χ1) is 13.2. The molecule has 4 fully saturated rings. The third-order valence-corrected chi connectivity index (χ3v) is 5.65. The highest BCUT2D eigenvalue weighted by molar-refractivity contribution is 5.78. The van der Waals surface area contributed by atoms with Crippen LogP contribution in [0.2, 0.25) is 0 Å². The molecule has 4 aliphatic rings. The number of hydrogen-bond acceptors (Lipinski definition) is 5. The van der Waals surface area contributed by atoms with E-state index in [-0.39, 0.29) is 11.8 Å². The van der Waals surface area contributed by atoms with E-state index in [4.69, 9.17) is 19.5 Å². The summed E-state index contributed by atoms with van der Waals surface area (Å²) in [5, 5.41) is 8.69. The Morgan fingerprint density at radius 3 is 2.43 bits per heavy atom. The summed E-state index contributed by atoms with van der Waals surface area (Å²) in [6.07, 6.45) is 1.19. The van der Waals surface area contributed by atoms with E-state index in [9.17, 15) is 18.0 Å². The molecule has 0 radical (unpaired) electrons. The minimum atomic E-state index is -5.08. The van der Waals surface area contributed by atoms with Crippen LogP contribution in [0.5, 0.6) is 0 Å². The lowest BCUT2D eigenvalue weighted by atomic mass is 9.83. The topological polar surface area (TPSA) is 79.3 Å². The molecule has 28 heavy (non-hydrogen) atoms. The molecule has 1 N–H and O–H groups in total. The minimum absolute atomic E-state index is 0.00484. The first-order valence-electron chi connectivity index (χ1n) is 9.82. The lowest BCUT2D eigenvalue weighted by molar-refractivity contribution is -0.192. The van der Waals surface area contributed by atoms with E-state index in [1.54, 1.807) is 5.06 Å². The summed E-state index contributed by atoms with van der Waals surface area (Å²) >= 11 is 0. The van der Waals surface area contributed by atoms with Gasteiger partial charge >= 0.3 is 12.1 Å². The third kappa shape index (κ3) is 5.81. The van der Waals surface area contributed by atoms with E-state index in [0.717, 1.165) is 38.3 Å². The fourth-order valence-corrected chi connectivity index (χ4v) is 4.03. The summed E-state index contributed by atoms with van der Waals surface area (Å²) in [6, 6.07) is 0. The maximum absolute atomic E-state index is 12.5. The Balaban J connectivity index is 0.000000279. The van der Waals surface area contributed by atoms with Gasteiger partial charge in [0, 0.05) is 19.6 Å². The fraction of sp³-hybridized carbons (Fsp3) is 0.889. The Kier molecular flexibility index (Phi) is 6.82. The van der Waals surface area contributed by atoms with Gasteiger partial charge in [0.15, 0.2) is 0 Å². The molecule has 3 heterocycles. The van der Waals surface area contributed by atoms with Crippen LogP contribution in [0.1, 0.15) is 32.1 Å². The molecule has 7 nitrogen and oxygen atoms in total. The normalized spacial score (nSPS) is 31.0. The summed E-state index contributed by atoms with van der Waals surface area (Å²) in [7, 11) is 0. The number of piperidine rings is 1. The van der Waals surface area contributed by atoms with E-state index in [2.05, 4.69) is 4.90 Å². The van der Waals surface area contributed by atoms with Crippen molar-refractivity contribution >= 4 is 11.9 Å². The van der Waals surface area contributed by atoms with Crippen molar-refractivity contribution in [2.24, 2.45) is 17.8 Å². The predicted molar refractivity (Wildman–Crippen MR) is 91.1 cm³/mol. The van der Waals surface area contributed by atoms with Crippen molar-refractivity contribution in [1.29, 1.82) is 0 Å². The van der Waals surface area contributed by atoms with E-state index in [1.807, 2.05) is 0 Å². The number of amides is 1. The second-order valence-electron chi connectivity index (χ2n) is 7.99. The van der Waals surface area contributed by atoms with Crippen LogP contribution in [0.4, 0.5) is 13.2 Å². The summed E-state index contributed by atoms with van der Waals surface area (Å²) in [5.41, 5.74) is 0. The zero-order valence-corrected chi connectivity index (χ0v) is 15.7. The molecule has 0 bridgehead atoms. The number of halogens is 3. The average Bonchev–Trinajstić information content (AvgIpc) is 3.29. The van der Waals surface area contributed by atoms with Gasteiger partial charge < -0.3 is 14.7 Å². The largest absolute Gasteiger partial charge is 0.490 e. The van der Waals surface area contributed by atoms with Crippen molar-refractivity contribution in [1.82, 2.24) is 9.96 Å². The van der Waals surface area contributed by atoms with E-state index >= 15 is 0 Å². The SMILES string of the molecule is O=C(O)C(F)(F)F.O=C([C@@H]1CO[C@@H]2CCN(CC3CC3)C[C@@H]2C1)N1CCCO1. The number of carboxylic acid groups (broad SMARTS) is 1. The molecule has 0 aromatic carbocycles. The third-order valence-electron chi connectivity index (χ3n) is 5.65. The Morgan fingerprint density at radius 2 is 1.86 bits per heavy atom. The van der Waals surface area contributed by atoms with Crippen molar-refractivity contribution < 1.29 is 37.4 Å². The fourth-order valence-electron chi connectivity index (χ4n) is 4.03. The predicted octanol–water partition coefficient (Wildman–Crippen LogP) is 1.92. The minimum Gasteiger partial charge on any atom is -0.475 e. The van der Waals surface area contributed by atoms with Crippen LogP contribution < -0.4 is 0 Å². The number of fused-ring (bicyclic) bond motifs is 1. The molecule has 0 spiro atoms. The van der Waals surface area contributed by atoms with Crippen LogP contribution in [-0.4, -0.2) is 78.6 Å². The van der Waals surface area contributed by atoms with Crippen LogP contribution in [0.3, 0.4) is 0 Å². The first-order valence-corrected chi connectivity index (χ1v) is 9.82. The number of alkyl halides is 3. The van der Waals surface area contributed by atoms with Gasteiger partial charge in [-0.2, -0.15) is 13.2 Å². The van der Waals surface area contributed by atoms with Crippen LogP contribution in [0.25, 0.3) is 0 Å². The zero-order valence-electron chi connectivity index (χ0n) is 15.7. The molecule has 1 saturated carbocycles. The number of ether oxygens (including phenoxy) is 1. The highest BCUT2D eigenvalue weighted by Crippen LogP contribution is 2.35. The number of rotatable bonds is 3. The Labute approximate surface area is 161 Å². The molecule has 3 atom stereocenters. The maximum Gasteiger partial charge on any atom is 0.490 e. The van der Waals surface area contributed by atoms with Crippen LogP contribution in [0, 0.1) is 17.8 Å². The van der Waals surface area contributed by atoms with Gasteiger partial charge in [-0.05, 0) is 43.9 Å².